The van der Waals surface area contributed by atoms with Gasteiger partial charge in [-0.2, -0.15) is 0 Å². The van der Waals surface area contributed by atoms with Gasteiger partial charge in [-0.05, 0) is 12.1 Å². The Labute approximate surface area is 92.3 Å². The van der Waals surface area contributed by atoms with E-state index in [1.807, 2.05) is 0 Å². The molecule has 86 valence electrons. The third kappa shape index (κ3) is 1.81. The van der Waals surface area contributed by atoms with E-state index in [2.05, 4.69) is 5.32 Å². The highest BCUT2D eigenvalue weighted by Crippen LogP contribution is 2.36. The number of anilines is 2. The van der Waals surface area contributed by atoms with Gasteiger partial charge in [0.2, 0.25) is 0 Å². The van der Waals surface area contributed by atoms with Gasteiger partial charge in [0.05, 0.1) is 16.3 Å². The second kappa shape index (κ2) is 3.38. The van der Waals surface area contributed by atoms with E-state index in [-0.39, 0.29) is 28.8 Å². The standard InChI is InChI=1S/C9H10N2O4S/c1-16(13,14)5-2-6(10)9-7(3-5)11-8(12)4-15-9/h2-3H,4,10H2,1H3,(H,11,12). The lowest BCUT2D eigenvalue weighted by atomic mass is 10.2. The van der Waals surface area contributed by atoms with Crippen molar-refractivity contribution in [2.24, 2.45) is 0 Å². The first-order valence-corrected chi connectivity index (χ1v) is 6.33. The number of nitrogen functional groups attached to an aromatic ring is 1. The number of hydrogen-bond acceptors (Lipinski definition) is 5. The Morgan fingerprint density at radius 3 is 2.75 bits per heavy atom. The summed E-state index contributed by atoms with van der Waals surface area (Å²) in [6.07, 6.45) is 1.07. The lowest BCUT2D eigenvalue weighted by molar-refractivity contribution is -0.118. The summed E-state index contributed by atoms with van der Waals surface area (Å²) in [5.74, 6) is -0.0236. The summed E-state index contributed by atoms with van der Waals surface area (Å²) in [6.45, 7) is -0.116. The SMILES string of the molecule is CS(=O)(=O)c1cc(N)c2c(c1)NC(=O)CO2. The average Bonchev–Trinajstić information content (AvgIpc) is 2.15. The third-order valence-electron chi connectivity index (χ3n) is 2.14. The molecule has 0 unspecified atom stereocenters. The van der Waals surface area contributed by atoms with Crippen molar-refractivity contribution in [3.63, 3.8) is 0 Å². The molecule has 0 aliphatic carbocycles. The van der Waals surface area contributed by atoms with Crippen LogP contribution in [0.15, 0.2) is 17.0 Å². The average molecular weight is 242 g/mol. The molecule has 3 N–H and O–H groups in total. The molecule has 6 nitrogen and oxygen atoms in total. The third-order valence-corrected chi connectivity index (χ3v) is 3.23. The maximum Gasteiger partial charge on any atom is 0.262 e. The van der Waals surface area contributed by atoms with Crippen molar-refractivity contribution in [3.8, 4) is 5.75 Å². The van der Waals surface area contributed by atoms with E-state index >= 15 is 0 Å². The Balaban J connectivity index is 2.61. The van der Waals surface area contributed by atoms with Crippen LogP contribution in [0.5, 0.6) is 5.75 Å². The number of amides is 1. The van der Waals surface area contributed by atoms with Gasteiger partial charge < -0.3 is 15.8 Å². The molecular formula is C9H10N2O4S. The zero-order chi connectivity index (χ0) is 11.9. The number of carbonyl (C=O) groups is 1. The maximum atomic E-state index is 11.3. The van der Waals surface area contributed by atoms with Crippen LogP contribution >= 0.6 is 0 Å². The zero-order valence-electron chi connectivity index (χ0n) is 8.48. The molecule has 0 fully saturated rings. The van der Waals surface area contributed by atoms with Crippen molar-refractivity contribution >= 4 is 27.1 Å². The molecule has 0 aromatic heterocycles. The molecule has 1 aromatic carbocycles. The van der Waals surface area contributed by atoms with Gasteiger partial charge in [0.25, 0.3) is 5.91 Å². The topological polar surface area (TPSA) is 98.5 Å². The van der Waals surface area contributed by atoms with E-state index in [0.717, 1.165) is 6.26 Å². The molecule has 0 radical (unpaired) electrons. The van der Waals surface area contributed by atoms with Crippen LogP contribution in [0.4, 0.5) is 11.4 Å². The van der Waals surface area contributed by atoms with Gasteiger partial charge in [0.1, 0.15) is 0 Å². The van der Waals surface area contributed by atoms with Gasteiger partial charge in [-0.3, -0.25) is 4.79 Å². The maximum absolute atomic E-state index is 11.3. The number of nitrogens with one attached hydrogen (secondary N) is 1. The molecule has 0 saturated heterocycles. The van der Waals surface area contributed by atoms with Crippen molar-refractivity contribution in [1.82, 2.24) is 0 Å². The van der Waals surface area contributed by atoms with Crippen molar-refractivity contribution in [3.05, 3.63) is 12.1 Å². The smallest absolute Gasteiger partial charge is 0.262 e. The van der Waals surface area contributed by atoms with E-state index in [1.54, 1.807) is 0 Å². The highest BCUT2D eigenvalue weighted by molar-refractivity contribution is 7.90. The summed E-state index contributed by atoms with van der Waals surface area (Å²) < 4.78 is 27.8. The van der Waals surface area contributed by atoms with Crippen molar-refractivity contribution in [2.45, 2.75) is 4.90 Å². The molecular weight excluding hydrogens is 232 g/mol. The molecule has 2 rings (SSSR count). The number of carbonyl (C=O) groups excluding carboxylic acids is 1. The number of ether oxygens (including phenoxy) is 1. The Morgan fingerprint density at radius 2 is 2.12 bits per heavy atom. The Kier molecular flexibility index (Phi) is 2.27. The normalized spacial score (nSPS) is 14.9. The van der Waals surface area contributed by atoms with Crippen LogP contribution < -0.4 is 15.8 Å². The van der Waals surface area contributed by atoms with Crippen molar-refractivity contribution in [1.29, 1.82) is 0 Å². The molecule has 1 heterocycles. The minimum absolute atomic E-state index is 0.0505. The molecule has 0 saturated carbocycles. The number of fused-ring (bicyclic) bond motifs is 1. The highest BCUT2D eigenvalue weighted by atomic mass is 32.2. The van der Waals surface area contributed by atoms with E-state index in [9.17, 15) is 13.2 Å². The van der Waals surface area contributed by atoms with Gasteiger partial charge in [-0.25, -0.2) is 8.42 Å². The van der Waals surface area contributed by atoms with Crippen molar-refractivity contribution < 1.29 is 17.9 Å². The predicted molar refractivity (Wildman–Crippen MR) is 58.1 cm³/mol. The van der Waals surface area contributed by atoms with Gasteiger partial charge in [0, 0.05) is 6.26 Å². The van der Waals surface area contributed by atoms with Crippen LogP contribution in [0.2, 0.25) is 0 Å². The molecule has 0 atom stereocenters. The molecule has 16 heavy (non-hydrogen) atoms. The summed E-state index contributed by atoms with van der Waals surface area (Å²) in [4.78, 5) is 11.1. The molecule has 0 bridgehead atoms. The van der Waals surface area contributed by atoms with Crippen LogP contribution in [-0.2, 0) is 14.6 Å². The first-order chi connectivity index (χ1) is 7.38. The summed E-state index contributed by atoms with van der Waals surface area (Å²) in [6, 6.07) is 2.64. The fourth-order valence-electron chi connectivity index (χ4n) is 1.42. The van der Waals surface area contributed by atoms with Gasteiger partial charge in [0.15, 0.2) is 22.2 Å². The summed E-state index contributed by atoms with van der Waals surface area (Å²) in [7, 11) is -3.36. The van der Waals surface area contributed by atoms with Crippen molar-refractivity contribution in [2.75, 3.05) is 23.9 Å². The van der Waals surface area contributed by atoms with Gasteiger partial charge in [-0.1, -0.05) is 0 Å². The summed E-state index contributed by atoms with van der Waals surface area (Å²) in [5, 5.41) is 2.50. The highest BCUT2D eigenvalue weighted by Gasteiger charge is 2.21. The Morgan fingerprint density at radius 1 is 1.44 bits per heavy atom. The lowest BCUT2D eigenvalue weighted by Gasteiger charge is -2.20. The predicted octanol–water partition coefficient (Wildman–Crippen LogP) is 0.00320. The first-order valence-electron chi connectivity index (χ1n) is 4.44. The molecule has 1 aliphatic rings. The Bertz CT molecular complexity index is 565. The summed E-state index contributed by atoms with van der Waals surface area (Å²) >= 11 is 0. The van der Waals surface area contributed by atoms with Crippen LogP contribution in [-0.4, -0.2) is 27.2 Å². The fourth-order valence-corrected chi connectivity index (χ4v) is 2.09. The largest absolute Gasteiger partial charge is 0.479 e. The monoisotopic (exact) mass is 242 g/mol. The second-order valence-electron chi connectivity index (χ2n) is 3.50. The van der Waals surface area contributed by atoms with Gasteiger partial charge in [-0.15, -0.1) is 0 Å². The van der Waals surface area contributed by atoms with Crippen LogP contribution in [0.25, 0.3) is 0 Å². The number of sulfone groups is 1. The van der Waals surface area contributed by atoms with Crippen LogP contribution in [0.1, 0.15) is 0 Å². The number of nitrogens with two attached hydrogens (primary N) is 1. The molecule has 0 spiro atoms. The minimum atomic E-state index is -3.36. The second-order valence-corrected chi connectivity index (χ2v) is 5.51. The number of rotatable bonds is 1. The quantitative estimate of drug-likeness (QED) is 0.675. The zero-order valence-corrected chi connectivity index (χ0v) is 9.30. The van der Waals surface area contributed by atoms with Gasteiger partial charge >= 0.3 is 0 Å². The number of benzene rings is 1. The van der Waals surface area contributed by atoms with E-state index in [1.165, 1.54) is 12.1 Å². The first kappa shape index (κ1) is 10.7. The van der Waals surface area contributed by atoms with E-state index < -0.39 is 9.84 Å². The molecule has 7 heteroatoms. The molecule has 1 aromatic rings. The molecule has 1 amide bonds. The molecule has 1 aliphatic heterocycles. The summed E-state index contributed by atoms with van der Waals surface area (Å²) in [5.41, 5.74) is 6.12. The fraction of sp³-hybridized carbons (Fsp3) is 0.222. The van der Waals surface area contributed by atoms with E-state index in [4.69, 9.17) is 10.5 Å². The van der Waals surface area contributed by atoms with E-state index in [0.29, 0.717) is 5.75 Å². The number of hydrogen-bond donors (Lipinski definition) is 2. The minimum Gasteiger partial charge on any atom is -0.479 e. The lowest BCUT2D eigenvalue weighted by Crippen LogP contribution is -2.26. The van der Waals surface area contributed by atoms with Crippen LogP contribution in [0.3, 0.4) is 0 Å². The Hall–Kier alpha value is -1.76. The van der Waals surface area contributed by atoms with Crippen LogP contribution in [0, 0.1) is 0 Å².